The highest BCUT2D eigenvalue weighted by atomic mass is 79.9. The number of rotatable bonds is 6. The number of aromatic nitrogens is 1. The first kappa shape index (κ1) is 23.5. The van der Waals surface area contributed by atoms with Crippen molar-refractivity contribution >= 4 is 56.1 Å². The third kappa shape index (κ3) is 5.47. The maximum atomic E-state index is 12.9. The van der Waals surface area contributed by atoms with Crippen molar-refractivity contribution in [3.8, 4) is 5.88 Å². The van der Waals surface area contributed by atoms with Gasteiger partial charge in [-0.1, -0.05) is 34.1 Å². The molecule has 0 aliphatic carbocycles. The van der Waals surface area contributed by atoms with Crippen LogP contribution in [0, 0.1) is 10.1 Å². The number of halogens is 1. The molecule has 0 unspecified atom stereocenters. The molecule has 0 saturated heterocycles. The van der Waals surface area contributed by atoms with E-state index < -0.39 is 16.7 Å². The van der Waals surface area contributed by atoms with Gasteiger partial charge in [0, 0.05) is 27.6 Å². The summed E-state index contributed by atoms with van der Waals surface area (Å²) in [7, 11) is 0. The lowest BCUT2D eigenvalue weighted by Crippen LogP contribution is -2.26. The average molecular weight is 534 g/mol. The van der Waals surface area contributed by atoms with Gasteiger partial charge in [0.1, 0.15) is 5.70 Å². The van der Waals surface area contributed by atoms with Crippen LogP contribution in [0.1, 0.15) is 15.9 Å². The summed E-state index contributed by atoms with van der Waals surface area (Å²) in [5.74, 6) is -1.72. The number of nitro groups is 1. The van der Waals surface area contributed by atoms with Gasteiger partial charge >= 0.3 is 5.91 Å². The number of azo groups is 1. The predicted molar refractivity (Wildman–Crippen MR) is 132 cm³/mol. The van der Waals surface area contributed by atoms with Crippen LogP contribution in [0.3, 0.4) is 0 Å². The van der Waals surface area contributed by atoms with Crippen LogP contribution in [0.4, 0.5) is 11.4 Å². The topological polar surface area (TPSA) is 150 Å². The highest BCUT2D eigenvalue weighted by molar-refractivity contribution is 9.10. The van der Waals surface area contributed by atoms with Crippen LogP contribution in [0.15, 0.2) is 93.2 Å². The van der Waals surface area contributed by atoms with Crippen molar-refractivity contribution < 1.29 is 19.6 Å². The molecule has 1 heterocycles. The molecular formula is C24H16BrN5O5. The zero-order valence-electron chi connectivity index (χ0n) is 17.8. The third-order valence-electron chi connectivity index (χ3n) is 4.88. The molecule has 0 aliphatic heterocycles. The van der Waals surface area contributed by atoms with Crippen molar-refractivity contribution in [3.05, 3.63) is 104 Å². The number of carbonyl (C=O) groups excluding carboxylic acids is 2. The molecule has 10 nitrogen and oxygen atoms in total. The van der Waals surface area contributed by atoms with Gasteiger partial charge in [0.05, 0.1) is 10.4 Å². The largest absolute Gasteiger partial charge is 0.493 e. The second kappa shape index (κ2) is 10.1. The van der Waals surface area contributed by atoms with Gasteiger partial charge in [0.15, 0.2) is 5.69 Å². The van der Waals surface area contributed by atoms with E-state index in [0.29, 0.717) is 22.0 Å². The molecule has 0 spiro atoms. The third-order valence-corrected chi connectivity index (χ3v) is 5.38. The molecule has 0 radical (unpaired) electrons. The number of nitrogens with one attached hydrogen (secondary N) is 2. The summed E-state index contributed by atoms with van der Waals surface area (Å²) < 4.78 is 0.737. The van der Waals surface area contributed by atoms with Crippen LogP contribution in [0.2, 0.25) is 0 Å². The van der Waals surface area contributed by atoms with E-state index >= 15 is 0 Å². The fraction of sp³-hybridized carbons (Fsp3) is 0. The van der Waals surface area contributed by atoms with E-state index in [9.17, 15) is 24.8 Å². The number of amides is 2. The number of nitro benzene ring substituents is 1. The molecular weight excluding hydrogens is 518 g/mol. The van der Waals surface area contributed by atoms with E-state index in [1.807, 2.05) is 0 Å². The lowest BCUT2D eigenvalue weighted by Gasteiger charge is -2.07. The van der Waals surface area contributed by atoms with Crippen molar-refractivity contribution in [2.75, 3.05) is 0 Å². The van der Waals surface area contributed by atoms with Gasteiger partial charge < -0.3 is 15.4 Å². The summed E-state index contributed by atoms with van der Waals surface area (Å²) >= 11 is 3.35. The standard InChI is InChI=1S/C24H16BrN5O5/c25-16-8-11-19-18(13-16)21(24(33)26-19)28-29-23(32)20(27-22(31)15-4-2-1-3-5-15)12-14-6-9-17(10-7-14)30(34)35/h1-13,26,33H,(H,27,31)/b20-12+,29-28?. The first-order valence-electron chi connectivity index (χ1n) is 10.1. The number of non-ortho nitro benzene ring substituents is 1. The van der Waals surface area contributed by atoms with Gasteiger partial charge in [-0.2, -0.15) is 0 Å². The molecule has 174 valence electrons. The smallest absolute Gasteiger partial charge is 0.311 e. The minimum absolute atomic E-state index is 0.0544. The number of aromatic amines is 1. The maximum Gasteiger partial charge on any atom is 0.311 e. The Balaban J connectivity index is 1.68. The van der Waals surface area contributed by atoms with Crippen molar-refractivity contribution in [3.63, 3.8) is 0 Å². The summed E-state index contributed by atoms with van der Waals surface area (Å²) in [6.07, 6.45) is 1.33. The fourth-order valence-electron chi connectivity index (χ4n) is 3.18. The molecule has 2 amide bonds. The second-order valence-electron chi connectivity index (χ2n) is 7.24. The number of fused-ring (bicyclic) bond motifs is 1. The predicted octanol–water partition coefficient (Wildman–Crippen LogP) is 5.63. The Morgan fingerprint density at radius 2 is 1.77 bits per heavy atom. The Kier molecular flexibility index (Phi) is 6.78. The van der Waals surface area contributed by atoms with Crippen LogP contribution in [-0.2, 0) is 4.79 Å². The molecule has 1 aromatic heterocycles. The Bertz CT molecular complexity index is 1490. The highest BCUT2D eigenvalue weighted by Crippen LogP contribution is 2.36. The Morgan fingerprint density at radius 1 is 1.06 bits per heavy atom. The minimum atomic E-state index is -0.892. The van der Waals surface area contributed by atoms with Crippen molar-refractivity contribution in [1.29, 1.82) is 0 Å². The molecule has 0 atom stereocenters. The van der Waals surface area contributed by atoms with Gasteiger partial charge in [-0.3, -0.25) is 19.7 Å². The molecule has 0 aliphatic rings. The van der Waals surface area contributed by atoms with E-state index in [1.165, 1.54) is 30.3 Å². The van der Waals surface area contributed by atoms with E-state index in [1.54, 1.807) is 48.5 Å². The number of hydrogen-bond donors (Lipinski definition) is 3. The Morgan fingerprint density at radius 3 is 2.46 bits per heavy atom. The molecule has 4 aromatic rings. The first-order chi connectivity index (χ1) is 16.8. The Labute approximate surface area is 206 Å². The minimum Gasteiger partial charge on any atom is -0.493 e. The zero-order valence-corrected chi connectivity index (χ0v) is 19.4. The molecule has 3 aromatic carbocycles. The summed E-state index contributed by atoms with van der Waals surface area (Å²) in [6.45, 7) is 0. The molecule has 0 saturated carbocycles. The maximum absolute atomic E-state index is 12.9. The van der Waals surface area contributed by atoms with E-state index in [4.69, 9.17) is 0 Å². The van der Waals surface area contributed by atoms with Crippen molar-refractivity contribution in [2.45, 2.75) is 0 Å². The van der Waals surface area contributed by atoms with E-state index in [2.05, 4.69) is 36.5 Å². The molecule has 35 heavy (non-hydrogen) atoms. The zero-order chi connectivity index (χ0) is 24.9. The summed E-state index contributed by atoms with van der Waals surface area (Å²) in [4.78, 5) is 38.7. The number of aromatic hydroxyl groups is 1. The lowest BCUT2D eigenvalue weighted by molar-refractivity contribution is -0.384. The average Bonchev–Trinajstić information content (AvgIpc) is 3.16. The molecule has 3 N–H and O–H groups in total. The number of hydrogen-bond acceptors (Lipinski definition) is 6. The summed E-state index contributed by atoms with van der Waals surface area (Å²) in [5.41, 5.74) is 1.04. The molecule has 0 bridgehead atoms. The number of benzene rings is 3. The van der Waals surface area contributed by atoms with Gasteiger partial charge in [0.25, 0.3) is 11.6 Å². The lowest BCUT2D eigenvalue weighted by atomic mass is 10.1. The second-order valence-corrected chi connectivity index (χ2v) is 8.16. The Hall–Kier alpha value is -4.64. The van der Waals surface area contributed by atoms with Gasteiger partial charge in [-0.15, -0.1) is 10.2 Å². The highest BCUT2D eigenvalue weighted by Gasteiger charge is 2.17. The van der Waals surface area contributed by atoms with Gasteiger partial charge in [0.2, 0.25) is 5.88 Å². The SMILES string of the molecule is O=C(N=Nc1c(O)[nH]c2ccc(Br)cc12)/C(=C\c1ccc([N+](=O)[O-])cc1)NC(=O)c1ccccc1. The number of carbonyl (C=O) groups is 2. The van der Waals surface area contributed by atoms with Crippen molar-refractivity contribution in [1.82, 2.24) is 10.3 Å². The van der Waals surface area contributed by atoms with Gasteiger partial charge in [-0.25, -0.2) is 0 Å². The van der Waals surface area contributed by atoms with Crippen LogP contribution in [0.5, 0.6) is 5.88 Å². The monoisotopic (exact) mass is 533 g/mol. The van der Waals surface area contributed by atoms with Crippen LogP contribution in [0.25, 0.3) is 17.0 Å². The number of H-pyrrole nitrogens is 1. The van der Waals surface area contributed by atoms with Gasteiger partial charge in [-0.05, 0) is 54.1 Å². The van der Waals surface area contributed by atoms with E-state index in [-0.39, 0.29) is 23.0 Å². The molecule has 0 fully saturated rings. The quantitative estimate of drug-likeness (QED) is 0.127. The van der Waals surface area contributed by atoms with E-state index in [0.717, 1.165) is 4.47 Å². The summed E-state index contributed by atoms with van der Waals surface area (Å²) in [5, 5.41) is 31.8. The number of nitrogens with zero attached hydrogens (tertiary/aromatic N) is 3. The van der Waals surface area contributed by atoms with Crippen molar-refractivity contribution in [2.24, 2.45) is 10.2 Å². The molecule has 11 heteroatoms. The summed E-state index contributed by atoms with van der Waals surface area (Å²) in [6, 6.07) is 18.9. The van der Waals surface area contributed by atoms with Crippen LogP contribution in [-0.4, -0.2) is 26.8 Å². The fourth-order valence-corrected chi connectivity index (χ4v) is 3.54. The molecule has 4 rings (SSSR count). The van der Waals surface area contributed by atoms with Crippen LogP contribution >= 0.6 is 15.9 Å². The normalized spacial score (nSPS) is 11.6. The first-order valence-corrected chi connectivity index (χ1v) is 10.9. The van der Waals surface area contributed by atoms with Crippen LogP contribution < -0.4 is 5.32 Å².